The number of carbonyl (C=O) groups is 1. The summed E-state index contributed by atoms with van der Waals surface area (Å²) in [6.07, 6.45) is 1.15. The van der Waals surface area contributed by atoms with Crippen molar-refractivity contribution in [3.05, 3.63) is 0 Å². The molecule has 1 heterocycles. The Hall–Kier alpha value is -0.570. The van der Waals surface area contributed by atoms with E-state index in [0.29, 0.717) is 12.0 Å². The molecule has 1 saturated heterocycles. The van der Waals surface area contributed by atoms with Crippen LogP contribution in [0.5, 0.6) is 0 Å². The summed E-state index contributed by atoms with van der Waals surface area (Å²) < 4.78 is 0. The topological polar surface area (TPSA) is 40.5 Å². The van der Waals surface area contributed by atoms with Crippen LogP contribution in [0, 0.1) is 17.8 Å². The molecule has 1 aliphatic rings. The molecule has 1 rings (SSSR count). The molecule has 88 valence electrons. The van der Waals surface area contributed by atoms with Gasteiger partial charge in [0.05, 0.1) is 5.92 Å². The van der Waals surface area contributed by atoms with Crippen LogP contribution in [0.3, 0.4) is 0 Å². The molecule has 1 N–H and O–H groups in total. The third-order valence-electron chi connectivity index (χ3n) is 3.39. The molecule has 0 spiro atoms. The molecule has 0 bridgehead atoms. The number of carboxylic acids is 1. The second-order valence-electron chi connectivity index (χ2n) is 5.35. The van der Waals surface area contributed by atoms with Gasteiger partial charge in [-0.3, -0.25) is 9.69 Å². The van der Waals surface area contributed by atoms with E-state index in [9.17, 15) is 4.79 Å². The van der Waals surface area contributed by atoms with Gasteiger partial charge >= 0.3 is 5.97 Å². The monoisotopic (exact) mass is 213 g/mol. The van der Waals surface area contributed by atoms with Crippen LogP contribution in [-0.2, 0) is 4.79 Å². The second-order valence-corrected chi connectivity index (χ2v) is 5.35. The normalized spacial score (nSPS) is 29.7. The molecule has 0 amide bonds. The summed E-state index contributed by atoms with van der Waals surface area (Å²) in [6.45, 7) is 10.3. The lowest BCUT2D eigenvalue weighted by Gasteiger charge is -2.25. The van der Waals surface area contributed by atoms with E-state index in [1.807, 2.05) is 6.92 Å². The molecule has 1 fully saturated rings. The van der Waals surface area contributed by atoms with Crippen LogP contribution in [0.25, 0.3) is 0 Å². The number of rotatable bonds is 4. The van der Waals surface area contributed by atoms with Gasteiger partial charge in [0, 0.05) is 19.1 Å². The van der Waals surface area contributed by atoms with E-state index in [0.717, 1.165) is 19.5 Å². The summed E-state index contributed by atoms with van der Waals surface area (Å²) in [5.41, 5.74) is 0. The van der Waals surface area contributed by atoms with Gasteiger partial charge in [0.15, 0.2) is 0 Å². The maximum absolute atomic E-state index is 11.0. The molecule has 0 radical (unpaired) electrons. The molecule has 0 aliphatic carbocycles. The first-order valence-electron chi connectivity index (χ1n) is 5.88. The van der Waals surface area contributed by atoms with Crippen molar-refractivity contribution in [1.82, 2.24) is 4.90 Å². The average Bonchev–Trinajstić information content (AvgIpc) is 2.46. The predicted octanol–water partition coefficient (Wildman–Crippen LogP) is 2.07. The van der Waals surface area contributed by atoms with Crippen molar-refractivity contribution in [2.75, 3.05) is 13.1 Å². The van der Waals surface area contributed by atoms with Crippen LogP contribution in [0.15, 0.2) is 0 Å². The van der Waals surface area contributed by atoms with E-state index in [-0.39, 0.29) is 11.8 Å². The number of likely N-dealkylation sites (tertiary alicyclic amines) is 1. The maximum Gasteiger partial charge on any atom is 0.308 e. The quantitative estimate of drug-likeness (QED) is 0.777. The highest BCUT2D eigenvalue weighted by molar-refractivity contribution is 5.71. The van der Waals surface area contributed by atoms with Gasteiger partial charge in [-0.2, -0.15) is 0 Å². The summed E-state index contributed by atoms with van der Waals surface area (Å²) in [7, 11) is 0. The standard InChI is InChI=1S/C12H23NO2/c1-8(2)5-10(4)13-6-9(3)11(7-13)12(14)15/h8-11H,5-7H2,1-4H3,(H,14,15)/t9-,10?,11-/m1/s1. The third kappa shape index (κ3) is 3.20. The van der Waals surface area contributed by atoms with Gasteiger partial charge in [-0.15, -0.1) is 0 Å². The summed E-state index contributed by atoms with van der Waals surface area (Å²) in [5, 5.41) is 9.04. The molecular weight excluding hydrogens is 190 g/mol. The molecule has 3 heteroatoms. The summed E-state index contributed by atoms with van der Waals surface area (Å²) in [5.74, 6) is 0.164. The molecule has 0 aromatic carbocycles. The number of hydrogen-bond acceptors (Lipinski definition) is 2. The van der Waals surface area contributed by atoms with Crippen LogP contribution in [-0.4, -0.2) is 35.1 Å². The number of aliphatic carboxylic acids is 1. The Kier molecular flexibility index (Phi) is 4.14. The molecule has 0 saturated carbocycles. The SMILES string of the molecule is CC(C)CC(C)N1C[C@@H](C)[C@H](C(=O)O)C1. The fourth-order valence-electron chi connectivity index (χ4n) is 2.52. The van der Waals surface area contributed by atoms with E-state index in [1.165, 1.54) is 0 Å². The lowest BCUT2D eigenvalue weighted by Crippen LogP contribution is -2.32. The minimum absolute atomic E-state index is 0.167. The Morgan fingerprint density at radius 1 is 1.40 bits per heavy atom. The van der Waals surface area contributed by atoms with Gasteiger partial charge in [0.25, 0.3) is 0 Å². The highest BCUT2D eigenvalue weighted by Gasteiger charge is 2.36. The highest BCUT2D eigenvalue weighted by Crippen LogP contribution is 2.26. The zero-order chi connectivity index (χ0) is 11.6. The van der Waals surface area contributed by atoms with Crippen molar-refractivity contribution in [1.29, 1.82) is 0 Å². The van der Waals surface area contributed by atoms with E-state index in [2.05, 4.69) is 25.7 Å². The Morgan fingerprint density at radius 2 is 2.00 bits per heavy atom. The Morgan fingerprint density at radius 3 is 2.40 bits per heavy atom. The van der Waals surface area contributed by atoms with E-state index >= 15 is 0 Å². The van der Waals surface area contributed by atoms with Gasteiger partial charge in [-0.1, -0.05) is 20.8 Å². The van der Waals surface area contributed by atoms with Crippen LogP contribution >= 0.6 is 0 Å². The summed E-state index contributed by atoms with van der Waals surface area (Å²) >= 11 is 0. The lowest BCUT2D eigenvalue weighted by atomic mass is 9.99. The first-order chi connectivity index (χ1) is 6.91. The van der Waals surface area contributed by atoms with Crippen LogP contribution < -0.4 is 0 Å². The van der Waals surface area contributed by atoms with Crippen molar-refractivity contribution < 1.29 is 9.90 Å². The van der Waals surface area contributed by atoms with Crippen LogP contribution in [0.4, 0.5) is 0 Å². The zero-order valence-electron chi connectivity index (χ0n) is 10.2. The molecule has 0 aromatic rings. The summed E-state index contributed by atoms with van der Waals surface area (Å²) in [4.78, 5) is 13.3. The number of carboxylic acid groups (broad SMARTS) is 1. The van der Waals surface area contributed by atoms with Gasteiger partial charge in [-0.05, 0) is 25.2 Å². The fourth-order valence-corrected chi connectivity index (χ4v) is 2.52. The smallest absolute Gasteiger partial charge is 0.308 e. The first kappa shape index (κ1) is 12.5. The average molecular weight is 213 g/mol. The fraction of sp³-hybridized carbons (Fsp3) is 0.917. The molecule has 1 unspecified atom stereocenters. The molecule has 3 atom stereocenters. The third-order valence-corrected chi connectivity index (χ3v) is 3.39. The first-order valence-corrected chi connectivity index (χ1v) is 5.88. The minimum Gasteiger partial charge on any atom is -0.481 e. The van der Waals surface area contributed by atoms with Gasteiger partial charge in [0.2, 0.25) is 0 Å². The van der Waals surface area contributed by atoms with Crippen LogP contribution in [0.2, 0.25) is 0 Å². The van der Waals surface area contributed by atoms with Crippen molar-refractivity contribution in [2.45, 2.75) is 40.2 Å². The molecule has 0 aromatic heterocycles. The Labute approximate surface area is 92.5 Å². The molecule has 15 heavy (non-hydrogen) atoms. The van der Waals surface area contributed by atoms with Gasteiger partial charge in [0.1, 0.15) is 0 Å². The molecular formula is C12H23NO2. The summed E-state index contributed by atoms with van der Waals surface area (Å²) in [6, 6.07) is 0.511. The lowest BCUT2D eigenvalue weighted by molar-refractivity contribution is -0.142. The Balaban J connectivity index is 2.50. The van der Waals surface area contributed by atoms with E-state index < -0.39 is 5.97 Å². The van der Waals surface area contributed by atoms with E-state index in [1.54, 1.807) is 0 Å². The minimum atomic E-state index is -0.637. The van der Waals surface area contributed by atoms with Crippen molar-refractivity contribution in [3.8, 4) is 0 Å². The van der Waals surface area contributed by atoms with E-state index in [4.69, 9.17) is 5.11 Å². The maximum atomic E-state index is 11.0. The largest absolute Gasteiger partial charge is 0.481 e. The van der Waals surface area contributed by atoms with Crippen molar-refractivity contribution in [2.24, 2.45) is 17.8 Å². The van der Waals surface area contributed by atoms with Crippen molar-refractivity contribution >= 4 is 5.97 Å². The molecule has 1 aliphatic heterocycles. The number of nitrogens with zero attached hydrogens (tertiary/aromatic N) is 1. The van der Waals surface area contributed by atoms with Gasteiger partial charge in [-0.25, -0.2) is 0 Å². The van der Waals surface area contributed by atoms with Gasteiger partial charge < -0.3 is 5.11 Å². The zero-order valence-corrected chi connectivity index (χ0v) is 10.2. The van der Waals surface area contributed by atoms with Crippen LogP contribution in [0.1, 0.15) is 34.1 Å². The Bertz CT molecular complexity index is 228. The number of hydrogen-bond donors (Lipinski definition) is 1. The predicted molar refractivity (Wildman–Crippen MR) is 60.8 cm³/mol. The highest BCUT2D eigenvalue weighted by atomic mass is 16.4. The van der Waals surface area contributed by atoms with Crippen molar-refractivity contribution in [3.63, 3.8) is 0 Å². The molecule has 3 nitrogen and oxygen atoms in total. The second kappa shape index (κ2) is 4.97.